The van der Waals surface area contributed by atoms with Crippen LogP contribution in [0.15, 0.2) is 53.4 Å². The van der Waals surface area contributed by atoms with Gasteiger partial charge in [0, 0.05) is 45.0 Å². The molecule has 0 saturated heterocycles. The molecule has 0 radical (unpaired) electrons. The predicted octanol–water partition coefficient (Wildman–Crippen LogP) is 2.71. The topological polar surface area (TPSA) is 69.7 Å². The van der Waals surface area contributed by atoms with Gasteiger partial charge in [0.05, 0.1) is 4.90 Å². The number of carbonyl (C=O) groups is 1. The molecule has 0 fully saturated rings. The lowest BCUT2D eigenvalue weighted by Gasteiger charge is -2.18. The standard InChI is InChI=1S/C20H27N3O3S/c1-5-23(6-2)27(25,26)19-12-10-16(11-13-19)15-21-20(24)17-8-7-9-18(14-17)22(3)4/h7-14H,5-6,15H2,1-4H3,(H,21,24). The monoisotopic (exact) mass is 389 g/mol. The normalized spacial score (nSPS) is 11.4. The minimum Gasteiger partial charge on any atom is -0.378 e. The second-order valence-electron chi connectivity index (χ2n) is 6.36. The molecule has 27 heavy (non-hydrogen) atoms. The van der Waals surface area contributed by atoms with E-state index in [-0.39, 0.29) is 10.8 Å². The number of anilines is 1. The molecule has 1 N–H and O–H groups in total. The zero-order chi connectivity index (χ0) is 20.0. The maximum atomic E-state index is 12.5. The Hall–Kier alpha value is -2.38. The van der Waals surface area contributed by atoms with E-state index in [9.17, 15) is 13.2 Å². The lowest BCUT2D eigenvalue weighted by atomic mass is 10.1. The Kier molecular flexibility index (Phi) is 6.98. The molecule has 0 spiro atoms. The third-order valence-corrected chi connectivity index (χ3v) is 6.41. The van der Waals surface area contributed by atoms with Crippen LogP contribution in [-0.4, -0.2) is 45.8 Å². The number of carbonyl (C=O) groups excluding carboxylic acids is 1. The molecule has 0 aromatic heterocycles. The first-order valence-corrected chi connectivity index (χ1v) is 10.4. The molecule has 7 heteroatoms. The van der Waals surface area contributed by atoms with Crippen LogP contribution in [0.1, 0.15) is 29.8 Å². The van der Waals surface area contributed by atoms with Crippen LogP contribution in [0.2, 0.25) is 0 Å². The number of nitrogens with one attached hydrogen (secondary N) is 1. The highest BCUT2D eigenvalue weighted by Crippen LogP contribution is 2.17. The Morgan fingerprint density at radius 3 is 2.19 bits per heavy atom. The molecule has 0 atom stereocenters. The van der Waals surface area contributed by atoms with Crippen molar-refractivity contribution < 1.29 is 13.2 Å². The van der Waals surface area contributed by atoms with Gasteiger partial charge < -0.3 is 10.2 Å². The Labute approximate surface area is 161 Å². The van der Waals surface area contributed by atoms with Gasteiger partial charge in [-0.05, 0) is 35.9 Å². The first-order chi connectivity index (χ1) is 12.8. The van der Waals surface area contributed by atoms with E-state index in [1.54, 1.807) is 30.3 Å². The van der Waals surface area contributed by atoms with Gasteiger partial charge in [-0.3, -0.25) is 4.79 Å². The average molecular weight is 390 g/mol. The fraction of sp³-hybridized carbons (Fsp3) is 0.350. The van der Waals surface area contributed by atoms with E-state index in [1.807, 2.05) is 51.0 Å². The van der Waals surface area contributed by atoms with Gasteiger partial charge in [-0.1, -0.05) is 32.0 Å². The van der Waals surface area contributed by atoms with Gasteiger partial charge in [0.25, 0.3) is 5.91 Å². The van der Waals surface area contributed by atoms with E-state index in [1.165, 1.54) is 4.31 Å². The van der Waals surface area contributed by atoms with E-state index in [2.05, 4.69) is 5.32 Å². The predicted molar refractivity (Wildman–Crippen MR) is 108 cm³/mol. The third-order valence-electron chi connectivity index (χ3n) is 4.34. The molecule has 0 bridgehead atoms. The quantitative estimate of drug-likeness (QED) is 0.754. The molecule has 1 amide bonds. The fourth-order valence-corrected chi connectivity index (χ4v) is 4.16. The van der Waals surface area contributed by atoms with Crippen molar-refractivity contribution in [3.8, 4) is 0 Å². The lowest BCUT2D eigenvalue weighted by Crippen LogP contribution is -2.30. The van der Waals surface area contributed by atoms with Crippen LogP contribution in [-0.2, 0) is 16.6 Å². The SMILES string of the molecule is CCN(CC)S(=O)(=O)c1ccc(CNC(=O)c2cccc(N(C)C)c2)cc1. The van der Waals surface area contributed by atoms with Gasteiger partial charge in [-0.25, -0.2) is 8.42 Å². The molecule has 2 rings (SSSR count). The van der Waals surface area contributed by atoms with Gasteiger partial charge >= 0.3 is 0 Å². The Morgan fingerprint density at radius 1 is 1.00 bits per heavy atom. The van der Waals surface area contributed by atoms with Crippen molar-refractivity contribution >= 4 is 21.6 Å². The summed E-state index contributed by atoms with van der Waals surface area (Å²) in [5.41, 5.74) is 2.38. The number of amides is 1. The second kappa shape index (κ2) is 9.01. The number of nitrogens with zero attached hydrogens (tertiary/aromatic N) is 2. The summed E-state index contributed by atoms with van der Waals surface area (Å²) < 4.78 is 26.4. The summed E-state index contributed by atoms with van der Waals surface area (Å²) in [7, 11) is 0.379. The van der Waals surface area contributed by atoms with Crippen LogP contribution >= 0.6 is 0 Å². The fourth-order valence-electron chi connectivity index (χ4n) is 2.70. The maximum Gasteiger partial charge on any atom is 0.251 e. The largest absolute Gasteiger partial charge is 0.378 e. The number of benzene rings is 2. The van der Waals surface area contributed by atoms with Crippen molar-refractivity contribution in [1.82, 2.24) is 9.62 Å². The summed E-state index contributed by atoms with van der Waals surface area (Å²) >= 11 is 0. The average Bonchev–Trinajstić information content (AvgIpc) is 2.67. The summed E-state index contributed by atoms with van der Waals surface area (Å²) in [6.07, 6.45) is 0. The highest BCUT2D eigenvalue weighted by molar-refractivity contribution is 7.89. The molecule has 6 nitrogen and oxygen atoms in total. The van der Waals surface area contributed by atoms with Crippen molar-refractivity contribution in [1.29, 1.82) is 0 Å². The summed E-state index contributed by atoms with van der Waals surface area (Å²) in [5, 5.41) is 2.87. The minimum atomic E-state index is -3.46. The molecular formula is C20H27N3O3S. The van der Waals surface area contributed by atoms with Gasteiger partial charge in [-0.2, -0.15) is 4.31 Å². The first-order valence-electron chi connectivity index (χ1n) is 8.94. The van der Waals surface area contributed by atoms with E-state index in [4.69, 9.17) is 0 Å². The smallest absolute Gasteiger partial charge is 0.251 e. The van der Waals surface area contributed by atoms with Crippen molar-refractivity contribution in [2.75, 3.05) is 32.1 Å². The maximum absolute atomic E-state index is 12.5. The van der Waals surface area contributed by atoms with Crippen molar-refractivity contribution in [3.05, 3.63) is 59.7 Å². The highest BCUT2D eigenvalue weighted by atomic mass is 32.2. The van der Waals surface area contributed by atoms with Gasteiger partial charge in [0.15, 0.2) is 0 Å². The summed E-state index contributed by atoms with van der Waals surface area (Å²) in [4.78, 5) is 14.6. The van der Waals surface area contributed by atoms with E-state index < -0.39 is 10.0 Å². The first kappa shape index (κ1) is 20.9. The molecule has 0 aliphatic carbocycles. The molecule has 2 aromatic carbocycles. The van der Waals surface area contributed by atoms with Crippen LogP contribution in [0.3, 0.4) is 0 Å². The molecule has 0 heterocycles. The third kappa shape index (κ3) is 5.08. The Morgan fingerprint density at radius 2 is 1.63 bits per heavy atom. The molecule has 146 valence electrons. The molecule has 2 aromatic rings. The zero-order valence-corrected chi connectivity index (χ0v) is 17.1. The number of hydrogen-bond acceptors (Lipinski definition) is 4. The minimum absolute atomic E-state index is 0.168. The molecule has 0 aliphatic heterocycles. The van der Waals surface area contributed by atoms with Crippen LogP contribution < -0.4 is 10.2 Å². The van der Waals surface area contributed by atoms with E-state index >= 15 is 0 Å². The second-order valence-corrected chi connectivity index (χ2v) is 8.30. The summed E-state index contributed by atoms with van der Waals surface area (Å²) in [6, 6.07) is 14.0. The zero-order valence-electron chi connectivity index (χ0n) is 16.3. The van der Waals surface area contributed by atoms with Gasteiger partial charge in [-0.15, -0.1) is 0 Å². The number of rotatable bonds is 8. The molecular weight excluding hydrogens is 362 g/mol. The Bertz CT molecular complexity index is 874. The van der Waals surface area contributed by atoms with Crippen molar-refractivity contribution in [2.24, 2.45) is 0 Å². The summed E-state index contributed by atoms with van der Waals surface area (Å²) in [6.45, 7) is 4.83. The lowest BCUT2D eigenvalue weighted by molar-refractivity contribution is 0.0951. The van der Waals surface area contributed by atoms with Crippen molar-refractivity contribution in [2.45, 2.75) is 25.3 Å². The number of sulfonamides is 1. The van der Waals surface area contributed by atoms with Gasteiger partial charge in [0.2, 0.25) is 10.0 Å². The van der Waals surface area contributed by atoms with Gasteiger partial charge in [0.1, 0.15) is 0 Å². The molecule has 0 unspecified atom stereocenters. The Balaban J connectivity index is 2.05. The van der Waals surface area contributed by atoms with Crippen LogP contribution in [0.25, 0.3) is 0 Å². The number of hydrogen-bond donors (Lipinski definition) is 1. The van der Waals surface area contributed by atoms with Crippen LogP contribution in [0, 0.1) is 0 Å². The van der Waals surface area contributed by atoms with E-state index in [0.29, 0.717) is 25.2 Å². The van der Waals surface area contributed by atoms with Crippen LogP contribution in [0.5, 0.6) is 0 Å². The van der Waals surface area contributed by atoms with E-state index in [0.717, 1.165) is 11.3 Å². The molecule has 0 saturated carbocycles. The molecule has 0 aliphatic rings. The highest BCUT2D eigenvalue weighted by Gasteiger charge is 2.21. The van der Waals surface area contributed by atoms with Crippen molar-refractivity contribution in [3.63, 3.8) is 0 Å². The summed E-state index contributed by atoms with van der Waals surface area (Å²) in [5.74, 6) is -0.168. The van der Waals surface area contributed by atoms with Crippen LogP contribution in [0.4, 0.5) is 5.69 Å².